The first-order valence-electron chi connectivity index (χ1n) is 4.43. The van der Waals surface area contributed by atoms with Gasteiger partial charge in [-0.05, 0) is 25.8 Å². The number of nitrogens with one attached hydrogen (secondary N) is 1. The lowest BCUT2D eigenvalue weighted by Crippen LogP contribution is -2.41. The van der Waals surface area contributed by atoms with E-state index in [0.717, 1.165) is 26.2 Å². The zero-order valence-corrected chi connectivity index (χ0v) is 6.71. The van der Waals surface area contributed by atoms with Crippen LogP contribution in [0.4, 0.5) is 0 Å². The third-order valence-corrected chi connectivity index (χ3v) is 2.28. The van der Waals surface area contributed by atoms with Gasteiger partial charge in [0, 0.05) is 0 Å². The number of ether oxygens (including phenoxy) is 2. The highest BCUT2D eigenvalue weighted by atomic mass is 16.7. The predicted molar refractivity (Wildman–Crippen MR) is 41.3 cm³/mol. The van der Waals surface area contributed by atoms with Crippen molar-refractivity contribution in [3.63, 3.8) is 0 Å². The molecule has 1 unspecified atom stereocenters. The van der Waals surface area contributed by atoms with Gasteiger partial charge in [-0.25, -0.2) is 0 Å². The van der Waals surface area contributed by atoms with Gasteiger partial charge in [-0.1, -0.05) is 0 Å². The van der Waals surface area contributed by atoms with E-state index in [1.807, 2.05) is 0 Å². The van der Waals surface area contributed by atoms with Gasteiger partial charge in [-0.2, -0.15) is 0 Å². The van der Waals surface area contributed by atoms with Gasteiger partial charge in [0.25, 0.3) is 0 Å². The molecule has 11 heavy (non-hydrogen) atoms. The first-order valence-corrected chi connectivity index (χ1v) is 4.43. The number of rotatable bonds is 1. The lowest BCUT2D eigenvalue weighted by molar-refractivity contribution is -0.190. The summed E-state index contributed by atoms with van der Waals surface area (Å²) in [5.41, 5.74) is 0. The molecule has 2 heterocycles. The molecule has 0 saturated carbocycles. The van der Waals surface area contributed by atoms with Crippen LogP contribution in [0.1, 0.15) is 19.3 Å². The van der Waals surface area contributed by atoms with E-state index in [2.05, 4.69) is 5.32 Å². The molecule has 0 amide bonds. The average Bonchev–Trinajstić information content (AvgIpc) is 2.58. The number of hydrogen-bond acceptors (Lipinski definition) is 3. The SMILES string of the molecule is C1COC(C2CCCN2)OC1. The summed E-state index contributed by atoms with van der Waals surface area (Å²) in [6.07, 6.45) is 3.54. The molecule has 0 bridgehead atoms. The fourth-order valence-electron chi connectivity index (χ4n) is 1.68. The van der Waals surface area contributed by atoms with Crippen molar-refractivity contribution in [2.24, 2.45) is 0 Å². The number of hydrogen-bond donors (Lipinski definition) is 1. The smallest absolute Gasteiger partial charge is 0.172 e. The van der Waals surface area contributed by atoms with Crippen LogP contribution < -0.4 is 5.32 Å². The lowest BCUT2D eigenvalue weighted by Gasteiger charge is -2.27. The Hall–Kier alpha value is -0.120. The molecule has 0 aromatic rings. The highest BCUT2D eigenvalue weighted by Gasteiger charge is 2.27. The van der Waals surface area contributed by atoms with Crippen LogP contribution in [0.25, 0.3) is 0 Å². The van der Waals surface area contributed by atoms with Crippen molar-refractivity contribution in [2.45, 2.75) is 31.6 Å². The normalized spacial score (nSPS) is 34.4. The van der Waals surface area contributed by atoms with E-state index in [0.29, 0.717) is 6.04 Å². The van der Waals surface area contributed by atoms with Gasteiger partial charge in [0.05, 0.1) is 19.3 Å². The van der Waals surface area contributed by atoms with Crippen molar-refractivity contribution >= 4 is 0 Å². The van der Waals surface area contributed by atoms with Crippen molar-refractivity contribution in [2.75, 3.05) is 19.8 Å². The van der Waals surface area contributed by atoms with E-state index >= 15 is 0 Å². The molecule has 2 saturated heterocycles. The minimum Gasteiger partial charge on any atom is -0.351 e. The molecule has 64 valence electrons. The fraction of sp³-hybridized carbons (Fsp3) is 1.00. The second-order valence-corrected chi connectivity index (χ2v) is 3.17. The maximum absolute atomic E-state index is 5.48. The van der Waals surface area contributed by atoms with Crippen LogP contribution in [0.15, 0.2) is 0 Å². The molecule has 0 aromatic heterocycles. The Bertz CT molecular complexity index is 117. The summed E-state index contributed by atoms with van der Waals surface area (Å²) in [6, 6.07) is 0.454. The lowest BCUT2D eigenvalue weighted by atomic mass is 10.2. The molecule has 1 N–H and O–H groups in total. The molecule has 2 rings (SSSR count). The Kier molecular flexibility index (Phi) is 2.41. The van der Waals surface area contributed by atoms with Crippen molar-refractivity contribution in [3.8, 4) is 0 Å². The quantitative estimate of drug-likeness (QED) is 0.601. The third-order valence-electron chi connectivity index (χ3n) is 2.28. The maximum atomic E-state index is 5.48. The Labute approximate surface area is 67.1 Å². The van der Waals surface area contributed by atoms with Crippen LogP contribution in [0.3, 0.4) is 0 Å². The molecular formula is C8H15NO2. The van der Waals surface area contributed by atoms with E-state index in [1.165, 1.54) is 12.8 Å². The summed E-state index contributed by atoms with van der Waals surface area (Å²) in [5, 5.41) is 3.38. The maximum Gasteiger partial charge on any atom is 0.172 e. The summed E-state index contributed by atoms with van der Waals surface area (Å²) in [4.78, 5) is 0. The van der Waals surface area contributed by atoms with E-state index in [1.54, 1.807) is 0 Å². The minimum absolute atomic E-state index is 0.0336. The van der Waals surface area contributed by atoms with Gasteiger partial charge in [-0.3, -0.25) is 0 Å². The molecule has 3 heteroatoms. The van der Waals surface area contributed by atoms with Crippen LogP contribution in [-0.4, -0.2) is 32.1 Å². The summed E-state index contributed by atoms with van der Waals surface area (Å²) in [5.74, 6) is 0. The fourth-order valence-corrected chi connectivity index (χ4v) is 1.68. The van der Waals surface area contributed by atoms with Crippen molar-refractivity contribution in [1.29, 1.82) is 0 Å². The van der Waals surface area contributed by atoms with Gasteiger partial charge in [-0.15, -0.1) is 0 Å². The molecular weight excluding hydrogens is 142 g/mol. The average molecular weight is 157 g/mol. The van der Waals surface area contributed by atoms with Gasteiger partial charge < -0.3 is 14.8 Å². The zero-order valence-electron chi connectivity index (χ0n) is 6.71. The van der Waals surface area contributed by atoms with E-state index in [4.69, 9.17) is 9.47 Å². The van der Waals surface area contributed by atoms with Crippen molar-refractivity contribution < 1.29 is 9.47 Å². The largest absolute Gasteiger partial charge is 0.351 e. The highest BCUT2D eigenvalue weighted by molar-refractivity contribution is 4.78. The van der Waals surface area contributed by atoms with Crippen LogP contribution >= 0.6 is 0 Å². The zero-order chi connectivity index (χ0) is 7.52. The minimum atomic E-state index is 0.0336. The Morgan fingerprint density at radius 2 is 1.91 bits per heavy atom. The summed E-state index contributed by atoms with van der Waals surface area (Å²) < 4.78 is 11.0. The topological polar surface area (TPSA) is 30.5 Å². The van der Waals surface area contributed by atoms with Crippen molar-refractivity contribution in [1.82, 2.24) is 5.32 Å². The molecule has 2 fully saturated rings. The second kappa shape index (κ2) is 3.52. The molecule has 3 nitrogen and oxygen atoms in total. The standard InChI is InChI=1S/C8H15NO2/c1-3-7(9-4-1)8-10-5-2-6-11-8/h7-9H,1-6H2. The van der Waals surface area contributed by atoms with Crippen LogP contribution in [-0.2, 0) is 9.47 Å². The molecule has 0 aliphatic carbocycles. The third kappa shape index (κ3) is 1.72. The Morgan fingerprint density at radius 3 is 2.55 bits per heavy atom. The van der Waals surface area contributed by atoms with Crippen LogP contribution in [0.5, 0.6) is 0 Å². The highest BCUT2D eigenvalue weighted by Crippen LogP contribution is 2.16. The molecule has 2 aliphatic heterocycles. The van der Waals surface area contributed by atoms with E-state index in [-0.39, 0.29) is 6.29 Å². The van der Waals surface area contributed by atoms with Gasteiger partial charge in [0.1, 0.15) is 0 Å². The van der Waals surface area contributed by atoms with Gasteiger partial charge in [0.2, 0.25) is 0 Å². The van der Waals surface area contributed by atoms with E-state index in [9.17, 15) is 0 Å². The monoisotopic (exact) mass is 157 g/mol. The van der Waals surface area contributed by atoms with Crippen LogP contribution in [0, 0.1) is 0 Å². The molecule has 2 aliphatic rings. The molecule has 0 aromatic carbocycles. The second-order valence-electron chi connectivity index (χ2n) is 3.17. The first-order chi connectivity index (χ1) is 5.47. The van der Waals surface area contributed by atoms with E-state index < -0.39 is 0 Å². The summed E-state index contributed by atoms with van der Waals surface area (Å²) in [6.45, 7) is 2.85. The summed E-state index contributed by atoms with van der Waals surface area (Å²) >= 11 is 0. The van der Waals surface area contributed by atoms with Crippen LogP contribution in [0.2, 0.25) is 0 Å². The summed E-state index contributed by atoms with van der Waals surface area (Å²) in [7, 11) is 0. The Balaban J connectivity index is 1.82. The molecule has 0 spiro atoms. The van der Waals surface area contributed by atoms with Gasteiger partial charge in [0.15, 0.2) is 6.29 Å². The Morgan fingerprint density at radius 1 is 1.09 bits per heavy atom. The first kappa shape index (κ1) is 7.53. The van der Waals surface area contributed by atoms with Crippen molar-refractivity contribution in [3.05, 3.63) is 0 Å². The van der Waals surface area contributed by atoms with Gasteiger partial charge >= 0.3 is 0 Å². The molecule has 0 radical (unpaired) electrons. The predicted octanol–water partition coefficient (Wildman–Crippen LogP) is 0.501. The molecule has 1 atom stereocenters.